The fourth-order valence-electron chi connectivity index (χ4n) is 2.48. The summed E-state index contributed by atoms with van der Waals surface area (Å²) in [6, 6.07) is 5.43. The van der Waals surface area contributed by atoms with Crippen molar-refractivity contribution in [1.82, 2.24) is 20.4 Å². The molecule has 0 bridgehead atoms. The van der Waals surface area contributed by atoms with Crippen molar-refractivity contribution in [3.8, 4) is 11.5 Å². The fraction of sp³-hybridized carbons (Fsp3) is 0.412. The molecule has 0 amide bonds. The number of rotatable bonds is 6. The van der Waals surface area contributed by atoms with Crippen LogP contribution in [0.15, 0.2) is 29.4 Å². The van der Waals surface area contributed by atoms with Gasteiger partial charge in [-0.3, -0.25) is 9.67 Å². The third-order valence-electron chi connectivity index (χ3n) is 3.75. The van der Waals surface area contributed by atoms with E-state index in [0.717, 1.165) is 10.2 Å². The van der Waals surface area contributed by atoms with Crippen LogP contribution in [-0.2, 0) is 26.3 Å². The van der Waals surface area contributed by atoms with Gasteiger partial charge in [0.1, 0.15) is 0 Å². The molecule has 0 fully saturated rings. The van der Waals surface area contributed by atoms with Crippen LogP contribution < -0.4 is 20.1 Å². The molecule has 0 aliphatic heterocycles. The van der Waals surface area contributed by atoms with Gasteiger partial charge in [-0.15, -0.1) is 0 Å². The lowest BCUT2D eigenvalue weighted by atomic mass is 10.2. The SMILES string of the molecule is CN=C(NCc1ccc(OC)c(OC)c1)NCc1cn(C)nc1C(F)(F)F. The smallest absolute Gasteiger partial charge is 0.435 e. The number of hydrogen-bond donors (Lipinski definition) is 2. The number of aryl methyl sites for hydroxylation is 1. The lowest BCUT2D eigenvalue weighted by Gasteiger charge is -2.14. The Bertz CT molecular complexity index is 802. The second-order valence-corrected chi connectivity index (χ2v) is 5.64. The molecule has 0 atom stereocenters. The van der Waals surface area contributed by atoms with E-state index in [2.05, 4.69) is 20.7 Å². The molecule has 27 heavy (non-hydrogen) atoms. The van der Waals surface area contributed by atoms with Crippen LogP contribution >= 0.6 is 0 Å². The van der Waals surface area contributed by atoms with Crippen molar-refractivity contribution in [3.05, 3.63) is 41.2 Å². The third kappa shape index (κ3) is 5.28. The molecule has 0 aliphatic rings. The Labute approximate surface area is 155 Å². The first kappa shape index (κ1) is 20.4. The van der Waals surface area contributed by atoms with Crippen molar-refractivity contribution in [3.63, 3.8) is 0 Å². The first-order chi connectivity index (χ1) is 12.8. The molecule has 0 radical (unpaired) electrons. The summed E-state index contributed by atoms with van der Waals surface area (Å²) in [5.41, 5.74) is 0.0277. The summed E-state index contributed by atoms with van der Waals surface area (Å²) >= 11 is 0. The van der Waals surface area contributed by atoms with Crippen molar-refractivity contribution in [2.75, 3.05) is 21.3 Å². The Morgan fingerprint density at radius 1 is 1.15 bits per heavy atom. The van der Waals surface area contributed by atoms with Gasteiger partial charge in [0.25, 0.3) is 0 Å². The normalized spacial score (nSPS) is 12.0. The average Bonchev–Trinajstić information content (AvgIpc) is 3.02. The van der Waals surface area contributed by atoms with Crippen LogP contribution in [0.5, 0.6) is 11.5 Å². The summed E-state index contributed by atoms with van der Waals surface area (Å²) in [7, 11) is 6.08. The van der Waals surface area contributed by atoms with Gasteiger partial charge in [0, 0.05) is 38.9 Å². The van der Waals surface area contributed by atoms with E-state index in [4.69, 9.17) is 9.47 Å². The van der Waals surface area contributed by atoms with Gasteiger partial charge in [0.05, 0.1) is 14.2 Å². The Morgan fingerprint density at radius 3 is 2.41 bits per heavy atom. The number of nitrogens with zero attached hydrogens (tertiary/aromatic N) is 3. The van der Waals surface area contributed by atoms with Crippen molar-refractivity contribution >= 4 is 5.96 Å². The van der Waals surface area contributed by atoms with Crippen molar-refractivity contribution in [1.29, 1.82) is 0 Å². The van der Waals surface area contributed by atoms with Crippen LogP contribution in [0.4, 0.5) is 13.2 Å². The second kappa shape index (κ2) is 8.65. The maximum absolute atomic E-state index is 13.0. The van der Waals surface area contributed by atoms with E-state index in [1.54, 1.807) is 20.3 Å². The van der Waals surface area contributed by atoms with Gasteiger partial charge in [-0.1, -0.05) is 6.07 Å². The molecule has 10 heteroatoms. The molecular weight excluding hydrogens is 363 g/mol. The molecule has 0 aliphatic carbocycles. The molecule has 2 rings (SSSR count). The summed E-state index contributed by atoms with van der Waals surface area (Å²) in [4.78, 5) is 4.02. The van der Waals surface area contributed by atoms with Crippen molar-refractivity contribution in [2.45, 2.75) is 19.3 Å². The molecule has 0 spiro atoms. The molecule has 2 N–H and O–H groups in total. The van der Waals surface area contributed by atoms with Crippen LogP contribution in [-0.4, -0.2) is 37.0 Å². The molecule has 7 nitrogen and oxygen atoms in total. The minimum atomic E-state index is -4.51. The zero-order chi connectivity index (χ0) is 20.0. The Hall–Kier alpha value is -2.91. The number of methoxy groups -OCH3 is 2. The molecule has 1 aromatic heterocycles. The largest absolute Gasteiger partial charge is 0.493 e. The highest BCUT2D eigenvalue weighted by atomic mass is 19.4. The van der Waals surface area contributed by atoms with Gasteiger partial charge in [-0.05, 0) is 17.7 Å². The van der Waals surface area contributed by atoms with Gasteiger partial charge < -0.3 is 20.1 Å². The number of aromatic nitrogens is 2. The monoisotopic (exact) mass is 385 g/mol. The average molecular weight is 385 g/mol. The van der Waals surface area contributed by atoms with Crippen LogP contribution in [0.1, 0.15) is 16.8 Å². The fourth-order valence-corrected chi connectivity index (χ4v) is 2.48. The van der Waals surface area contributed by atoms with Gasteiger partial charge in [-0.25, -0.2) is 0 Å². The lowest BCUT2D eigenvalue weighted by Crippen LogP contribution is -2.36. The molecule has 1 aromatic carbocycles. The predicted molar refractivity (Wildman–Crippen MR) is 94.8 cm³/mol. The number of aliphatic imine (C=N–C) groups is 1. The second-order valence-electron chi connectivity index (χ2n) is 5.64. The number of guanidine groups is 1. The van der Waals surface area contributed by atoms with Crippen molar-refractivity contribution in [2.24, 2.45) is 12.0 Å². The van der Waals surface area contributed by atoms with Gasteiger partial charge in [0.2, 0.25) is 0 Å². The zero-order valence-electron chi connectivity index (χ0n) is 15.5. The van der Waals surface area contributed by atoms with E-state index in [-0.39, 0.29) is 12.1 Å². The standard InChI is InChI=1S/C17H22F3N5O2/c1-21-16(22-8-11-5-6-13(26-3)14(7-11)27-4)23-9-12-10-25(2)24-15(12)17(18,19)20/h5-7,10H,8-9H2,1-4H3,(H2,21,22,23). The topological polar surface area (TPSA) is 72.7 Å². The Kier molecular flexibility index (Phi) is 6.54. The molecule has 148 valence electrons. The number of hydrogen-bond acceptors (Lipinski definition) is 4. The van der Waals surface area contributed by atoms with E-state index in [9.17, 15) is 13.2 Å². The zero-order valence-corrected chi connectivity index (χ0v) is 15.5. The van der Waals surface area contributed by atoms with E-state index in [1.807, 2.05) is 12.1 Å². The van der Waals surface area contributed by atoms with Crippen LogP contribution in [0.3, 0.4) is 0 Å². The highest BCUT2D eigenvalue weighted by Gasteiger charge is 2.36. The van der Waals surface area contributed by atoms with E-state index in [1.165, 1.54) is 20.3 Å². The summed E-state index contributed by atoms with van der Waals surface area (Å²) in [6.07, 6.45) is -3.17. The van der Waals surface area contributed by atoms with Gasteiger partial charge >= 0.3 is 6.18 Å². The van der Waals surface area contributed by atoms with Crippen LogP contribution in [0.25, 0.3) is 0 Å². The minimum Gasteiger partial charge on any atom is -0.493 e. The first-order valence-electron chi connectivity index (χ1n) is 8.03. The summed E-state index contributed by atoms with van der Waals surface area (Å²) in [6.45, 7) is 0.341. The Balaban J connectivity index is 2.00. The minimum absolute atomic E-state index is 0.0408. The molecule has 0 unspecified atom stereocenters. The van der Waals surface area contributed by atoms with Gasteiger partial charge in [-0.2, -0.15) is 18.3 Å². The highest BCUT2D eigenvalue weighted by molar-refractivity contribution is 5.79. The van der Waals surface area contributed by atoms with Crippen LogP contribution in [0, 0.1) is 0 Å². The van der Waals surface area contributed by atoms with E-state index >= 15 is 0 Å². The third-order valence-corrected chi connectivity index (χ3v) is 3.75. The maximum atomic E-state index is 13.0. The quantitative estimate of drug-likeness (QED) is 0.590. The number of halogens is 3. The lowest BCUT2D eigenvalue weighted by molar-refractivity contribution is -0.142. The van der Waals surface area contributed by atoms with E-state index in [0.29, 0.717) is 24.0 Å². The molecule has 1 heterocycles. The number of ether oxygens (including phenoxy) is 2. The highest BCUT2D eigenvalue weighted by Crippen LogP contribution is 2.30. The molecular formula is C17H22F3N5O2. The van der Waals surface area contributed by atoms with Gasteiger partial charge in [0.15, 0.2) is 23.2 Å². The number of nitrogens with one attached hydrogen (secondary N) is 2. The number of alkyl halides is 3. The molecule has 0 saturated heterocycles. The van der Waals surface area contributed by atoms with E-state index < -0.39 is 11.9 Å². The first-order valence-corrected chi connectivity index (χ1v) is 8.03. The maximum Gasteiger partial charge on any atom is 0.435 e. The van der Waals surface area contributed by atoms with Crippen molar-refractivity contribution < 1.29 is 22.6 Å². The predicted octanol–water partition coefficient (Wildman–Crippen LogP) is 2.32. The summed E-state index contributed by atoms with van der Waals surface area (Å²) in [5, 5.41) is 9.39. The van der Waals surface area contributed by atoms with Crippen LogP contribution in [0.2, 0.25) is 0 Å². The summed E-state index contributed by atoms with van der Waals surface area (Å²) < 4.78 is 50.6. The number of benzene rings is 1. The summed E-state index contributed by atoms with van der Waals surface area (Å²) in [5.74, 6) is 1.56. The Morgan fingerprint density at radius 2 is 1.81 bits per heavy atom. The molecule has 0 saturated carbocycles. The molecule has 2 aromatic rings.